The van der Waals surface area contributed by atoms with Gasteiger partial charge in [-0.15, -0.1) is 0 Å². The molecule has 6 atom stereocenters. The zero-order valence-electron chi connectivity index (χ0n) is 15.1. The van der Waals surface area contributed by atoms with Crippen molar-refractivity contribution >= 4 is 0 Å². The molecule has 25 heavy (non-hydrogen) atoms. The molecule has 2 fully saturated rings. The minimum Gasteiger partial charge on any atom is -0.376 e. The van der Waals surface area contributed by atoms with Crippen LogP contribution in [0.3, 0.4) is 0 Å². The number of hydrogen-bond acceptors (Lipinski definition) is 6. The van der Waals surface area contributed by atoms with Crippen LogP contribution in [0, 0.1) is 0 Å². The summed E-state index contributed by atoms with van der Waals surface area (Å²) in [6.07, 6.45) is -0.0341. The van der Waals surface area contributed by atoms with Gasteiger partial charge in [-0.25, -0.2) is 0 Å². The molecule has 1 aromatic carbocycles. The number of unbranched alkanes of at least 4 members (excludes halogenated alkanes) is 1. The summed E-state index contributed by atoms with van der Waals surface area (Å²) in [6, 6.07) is 9.88. The molecule has 2 heterocycles. The maximum absolute atomic E-state index is 6.18. The zero-order chi connectivity index (χ0) is 17.6. The number of benzene rings is 1. The third-order valence-electron chi connectivity index (χ3n) is 4.68. The van der Waals surface area contributed by atoms with Crippen molar-refractivity contribution in [2.75, 3.05) is 27.4 Å². The molecule has 1 aromatic rings. The number of hydrogen-bond donors (Lipinski definition) is 0. The minimum atomic E-state index is -0.483. The van der Waals surface area contributed by atoms with Gasteiger partial charge in [-0.2, -0.15) is 0 Å². The second-order valence-corrected chi connectivity index (χ2v) is 6.34. The maximum Gasteiger partial charge on any atom is 0.186 e. The van der Waals surface area contributed by atoms with Gasteiger partial charge in [-0.3, -0.25) is 0 Å². The molecule has 140 valence electrons. The first-order valence-corrected chi connectivity index (χ1v) is 8.93. The third-order valence-corrected chi connectivity index (χ3v) is 4.68. The summed E-state index contributed by atoms with van der Waals surface area (Å²) >= 11 is 0. The molecular weight excluding hydrogens is 324 g/mol. The number of rotatable bonds is 7. The first-order chi connectivity index (χ1) is 12.3. The molecular formula is C19H28O6. The molecule has 3 rings (SSSR count). The first kappa shape index (κ1) is 18.8. The predicted molar refractivity (Wildman–Crippen MR) is 91.1 cm³/mol. The van der Waals surface area contributed by atoms with Crippen LogP contribution in [0.1, 0.15) is 31.6 Å². The van der Waals surface area contributed by atoms with E-state index in [1.54, 1.807) is 14.2 Å². The van der Waals surface area contributed by atoms with Gasteiger partial charge < -0.3 is 28.4 Å². The van der Waals surface area contributed by atoms with Gasteiger partial charge in [-0.1, -0.05) is 43.7 Å². The number of methoxy groups -OCH3 is 2. The standard InChI is InChI=1S/C19H28O6/c1-4-5-11-22-19-17(21-3)16(20-2)15-14(24-19)12-23-18(25-15)13-9-7-6-8-10-13/h6-10,14-19H,4-5,11-12H2,1-3H3/t14-,15-,16+,17-,18?,19-/m1/s1. The molecule has 0 aromatic heterocycles. The second kappa shape index (κ2) is 9.07. The highest BCUT2D eigenvalue weighted by Crippen LogP contribution is 2.36. The van der Waals surface area contributed by atoms with Crippen LogP contribution in [0.4, 0.5) is 0 Å². The normalized spacial score (nSPS) is 35.3. The highest BCUT2D eigenvalue weighted by Gasteiger charge is 2.51. The average molecular weight is 352 g/mol. The van der Waals surface area contributed by atoms with Gasteiger partial charge >= 0.3 is 0 Å². The molecule has 2 aliphatic heterocycles. The van der Waals surface area contributed by atoms with Crippen molar-refractivity contribution in [1.29, 1.82) is 0 Å². The van der Waals surface area contributed by atoms with E-state index in [-0.39, 0.29) is 24.4 Å². The summed E-state index contributed by atoms with van der Waals surface area (Å²) in [5.41, 5.74) is 0.978. The van der Waals surface area contributed by atoms with E-state index in [4.69, 9.17) is 28.4 Å². The monoisotopic (exact) mass is 352 g/mol. The van der Waals surface area contributed by atoms with Crippen LogP contribution >= 0.6 is 0 Å². The van der Waals surface area contributed by atoms with Crippen molar-refractivity contribution < 1.29 is 28.4 Å². The molecule has 0 amide bonds. The topological polar surface area (TPSA) is 55.4 Å². The molecule has 0 aliphatic carbocycles. The van der Waals surface area contributed by atoms with Crippen molar-refractivity contribution in [2.24, 2.45) is 0 Å². The van der Waals surface area contributed by atoms with Crippen molar-refractivity contribution in [3.8, 4) is 0 Å². The number of fused-ring (bicyclic) bond motifs is 1. The quantitative estimate of drug-likeness (QED) is 0.703. The lowest BCUT2D eigenvalue weighted by molar-refractivity contribution is -0.366. The lowest BCUT2D eigenvalue weighted by atomic mass is 9.97. The van der Waals surface area contributed by atoms with E-state index in [1.807, 2.05) is 30.3 Å². The SMILES string of the molecule is CCCCO[C@@H]1O[C@@H]2COC(c3ccccc3)O[C@H]2[C@H](OC)[C@H]1OC. The molecule has 0 saturated carbocycles. The van der Waals surface area contributed by atoms with Gasteiger partial charge in [0.2, 0.25) is 0 Å². The smallest absolute Gasteiger partial charge is 0.186 e. The van der Waals surface area contributed by atoms with E-state index in [1.165, 1.54) is 0 Å². The molecule has 0 bridgehead atoms. The summed E-state index contributed by atoms with van der Waals surface area (Å²) in [5, 5.41) is 0. The van der Waals surface area contributed by atoms with Gasteiger partial charge in [0, 0.05) is 26.4 Å². The first-order valence-electron chi connectivity index (χ1n) is 8.93. The van der Waals surface area contributed by atoms with E-state index >= 15 is 0 Å². The summed E-state index contributed by atoms with van der Waals surface area (Å²) < 4.78 is 35.4. The Morgan fingerprint density at radius 2 is 1.80 bits per heavy atom. The Labute approximate surface area is 149 Å². The molecule has 2 saturated heterocycles. The predicted octanol–water partition coefficient (Wildman–Crippen LogP) is 2.67. The van der Waals surface area contributed by atoms with Gasteiger partial charge in [-0.05, 0) is 6.42 Å². The lowest BCUT2D eigenvalue weighted by Gasteiger charge is -2.48. The van der Waals surface area contributed by atoms with Crippen molar-refractivity contribution in [3.05, 3.63) is 35.9 Å². The van der Waals surface area contributed by atoms with E-state index in [0.717, 1.165) is 18.4 Å². The summed E-state index contributed by atoms with van der Waals surface area (Å²) in [4.78, 5) is 0. The average Bonchev–Trinajstić information content (AvgIpc) is 2.67. The van der Waals surface area contributed by atoms with Crippen molar-refractivity contribution in [3.63, 3.8) is 0 Å². The van der Waals surface area contributed by atoms with Gasteiger partial charge in [0.15, 0.2) is 12.6 Å². The maximum atomic E-state index is 6.18. The fraction of sp³-hybridized carbons (Fsp3) is 0.684. The van der Waals surface area contributed by atoms with Crippen molar-refractivity contribution in [1.82, 2.24) is 0 Å². The van der Waals surface area contributed by atoms with Crippen LogP contribution in [0.15, 0.2) is 30.3 Å². The van der Waals surface area contributed by atoms with Gasteiger partial charge in [0.05, 0.1) is 6.61 Å². The third kappa shape index (κ3) is 4.22. The molecule has 6 nitrogen and oxygen atoms in total. The van der Waals surface area contributed by atoms with Crippen LogP contribution in [0.2, 0.25) is 0 Å². The van der Waals surface area contributed by atoms with Crippen LogP contribution in [-0.2, 0) is 28.4 Å². The Bertz CT molecular complexity index is 510. The Hall–Kier alpha value is -1.02. The molecule has 0 N–H and O–H groups in total. The second-order valence-electron chi connectivity index (χ2n) is 6.34. The van der Waals surface area contributed by atoms with Gasteiger partial charge in [0.1, 0.15) is 24.4 Å². The highest BCUT2D eigenvalue weighted by molar-refractivity contribution is 5.16. The minimum absolute atomic E-state index is 0.247. The lowest BCUT2D eigenvalue weighted by Crippen LogP contribution is -2.63. The number of ether oxygens (including phenoxy) is 6. The van der Waals surface area contributed by atoms with Crippen LogP contribution in [0.5, 0.6) is 0 Å². The molecule has 0 spiro atoms. The Kier molecular flexibility index (Phi) is 6.81. The van der Waals surface area contributed by atoms with E-state index < -0.39 is 12.6 Å². The molecule has 0 radical (unpaired) electrons. The molecule has 2 aliphatic rings. The Balaban J connectivity index is 1.71. The largest absolute Gasteiger partial charge is 0.376 e. The molecule has 1 unspecified atom stereocenters. The van der Waals surface area contributed by atoms with Crippen LogP contribution < -0.4 is 0 Å². The fourth-order valence-electron chi connectivity index (χ4n) is 3.32. The summed E-state index contributed by atoms with van der Waals surface area (Å²) in [6.45, 7) is 3.18. The highest BCUT2D eigenvalue weighted by atomic mass is 16.8. The van der Waals surface area contributed by atoms with Crippen LogP contribution in [-0.4, -0.2) is 58.1 Å². The van der Waals surface area contributed by atoms with Gasteiger partial charge in [0.25, 0.3) is 0 Å². The Morgan fingerprint density at radius 3 is 2.48 bits per heavy atom. The van der Waals surface area contributed by atoms with E-state index in [2.05, 4.69) is 6.92 Å². The Morgan fingerprint density at radius 1 is 1.04 bits per heavy atom. The molecule has 6 heteroatoms. The summed E-state index contributed by atoms with van der Waals surface area (Å²) in [7, 11) is 3.31. The van der Waals surface area contributed by atoms with Crippen LogP contribution in [0.25, 0.3) is 0 Å². The zero-order valence-corrected chi connectivity index (χ0v) is 15.1. The summed E-state index contributed by atoms with van der Waals surface area (Å²) in [5.74, 6) is 0. The van der Waals surface area contributed by atoms with Crippen molar-refractivity contribution in [2.45, 2.75) is 56.8 Å². The van der Waals surface area contributed by atoms with E-state index in [0.29, 0.717) is 13.2 Å². The van der Waals surface area contributed by atoms with E-state index in [9.17, 15) is 0 Å². The fourth-order valence-corrected chi connectivity index (χ4v) is 3.32.